The molecule has 0 aromatic rings. The molecule has 1 rings (SSSR count). The van der Waals surface area contributed by atoms with Gasteiger partial charge in [-0.25, -0.2) is 8.42 Å². The summed E-state index contributed by atoms with van der Waals surface area (Å²) in [5, 5.41) is 0. The standard InChI is InChI=1S/C13H29N3O2S/c1-11-6-5-8-13(10-11,16(2)3)12(15-14)7-9-19(4,17)18/h11-12,15H,5-10,14H2,1-4H3. The average Bonchev–Trinajstić information content (AvgIpc) is 2.28. The number of hydrogen-bond donors (Lipinski definition) is 2. The minimum absolute atomic E-state index is 0.0139. The Kier molecular flexibility index (Phi) is 5.79. The molecule has 0 aromatic carbocycles. The third-order valence-corrected chi connectivity index (χ3v) is 5.50. The molecule has 3 N–H and O–H groups in total. The highest BCUT2D eigenvalue weighted by Crippen LogP contribution is 2.39. The SMILES string of the molecule is CC1CCCC(C(CCS(C)(=O)=O)NN)(N(C)C)C1. The molecule has 0 bridgehead atoms. The molecule has 0 amide bonds. The molecule has 3 unspecified atom stereocenters. The van der Waals surface area contributed by atoms with E-state index in [0.29, 0.717) is 12.3 Å². The van der Waals surface area contributed by atoms with Crippen molar-refractivity contribution in [3.05, 3.63) is 0 Å². The van der Waals surface area contributed by atoms with Crippen LogP contribution in [0.5, 0.6) is 0 Å². The lowest BCUT2D eigenvalue weighted by Crippen LogP contribution is -2.62. The van der Waals surface area contributed by atoms with E-state index in [2.05, 4.69) is 31.3 Å². The van der Waals surface area contributed by atoms with Crippen molar-refractivity contribution in [2.24, 2.45) is 11.8 Å². The minimum atomic E-state index is -2.95. The van der Waals surface area contributed by atoms with Gasteiger partial charge in [0.1, 0.15) is 9.84 Å². The van der Waals surface area contributed by atoms with Crippen LogP contribution in [-0.4, -0.2) is 51.0 Å². The Bertz CT molecular complexity index is 383. The molecule has 5 nitrogen and oxygen atoms in total. The van der Waals surface area contributed by atoms with Gasteiger partial charge in [-0.05, 0) is 39.3 Å². The molecular weight excluding hydrogens is 262 g/mol. The smallest absolute Gasteiger partial charge is 0.147 e. The van der Waals surface area contributed by atoms with Crippen LogP contribution in [0, 0.1) is 5.92 Å². The third-order valence-electron chi connectivity index (χ3n) is 4.53. The number of hydrogen-bond acceptors (Lipinski definition) is 5. The summed E-state index contributed by atoms with van der Waals surface area (Å²) in [5.74, 6) is 6.57. The molecule has 114 valence electrons. The van der Waals surface area contributed by atoms with E-state index in [-0.39, 0.29) is 17.3 Å². The molecule has 0 radical (unpaired) electrons. The van der Waals surface area contributed by atoms with E-state index >= 15 is 0 Å². The Hall–Kier alpha value is -0.170. The van der Waals surface area contributed by atoms with Crippen LogP contribution in [0.2, 0.25) is 0 Å². The van der Waals surface area contributed by atoms with Crippen LogP contribution < -0.4 is 11.3 Å². The van der Waals surface area contributed by atoms with Gasteiger partial charge in [-0.1, -0.05) is 19.8 Å². The number of likely N-dealkylation sites (N-methyl/N-ethyl adjacent to an activating group) is 1. The minimum Gasteiger partial charge on any atom is -0.302 e. The molecular formula is C13H29N3O2S. The van der Waals surface area contributed by atoms with Crippen molar-refractivity contribution in [3.63, 3.8) is 0 Å². The second-order valence-corrected chi connectivity index (χ2v) is 8.60. The number of nitrogens with two attached hydrogens (primary N) is 1. The molecule has 0 heterocycles. The summed E-state index contributed by atoms with van der Waals surface area (Å²) in [7, 11) is 1.20. The van der Waals surface area contributed by atoms with Gasteiger partial charge < -0.3 is 4.90 Å². The summed E-state index contributed by atoms with van der Waals surface area (Å²) in [4.78, 5) is 2.23. The number of rotatable bonds is 6. The van der Waals surface area contributed by atoms with Crippen molar-refractivity contribution in [3.8, 4) is 0 Å². The third kappa shape index (κ3) is 4.41. The first-order valence-electron chi connectivity index (χ1n) is 7.02. The van der Waals surface area contributed by atoms with Crippen LogP contribution in [0.1, 0.15) is 39.0 Å². The van der Waals surface area contributed by atoms with Crippen molar-refractivity contribution < 1.29 is 8.42 Å². The zero-order chi connectivity index (χ0) is 14.7. The highest BCUT2D eigenvalue weighted by Gasteiger charge is 2.43. The molecule has 0 spiro atoms. The first kappa shape index (κ1) is 16.9. The average molecular weight is 291 g/mol. The predicted octanol–water partition coefficient (Wildman–Crippen LogP) is 0.764. The molecule has 1 aliphatic rings. The van der Waals surface area contributed by atoms with Crippen molar-refractivity contribution in [1.82, 2.24) is 10.3 Å². The van der Waals surface area contributed by atoms with Crippen LogP contribution in [0.4, 0.5) is 0 Å². The van der Waals surface area contributed by atoms with Crippen molar-refractivity contribution in [2.75, 3.05) is 26.1 Å². The fourth-order valence-corrected chi connectivity index (χ4v) is 4.10. The van der Waals surface area contributed by atoms with Crippen LogP contribution in [0.15, 0.2) is 0 Å². The molecule has 1 aliphatic carbocycles. The maximum Gasteiger partial charge on any atom is 0.147 e. The van der Waals surface area contributed by atoms with E-state index in [1.54, 1.807) is 0 Å². The lowest BCUT2D eigenvalue weighted by atomic mass is 9.71. The molecule has 1 fully saturated rings. The fourth-order valence-electron chi connectivity index (χ4n) is 3.44. The first-order valence-corrected chi connectivity index (χ1v) is 9.08. The maximum absolute atomic E-state index is 11.4. The molecule has 3 atom stereocenters. The topological polar surface area (TPSA) is 75.4 Å². The Morgan fingerprint density at radius 1 is 1.47 bits per heavy atom. The second kappa shape index (κ2) is 6.52. The van der Waals surface area contributed by atoms with Gasteiger partial charge in [0.25, 0.3) is 0 Å². The zero-order valence-electron chi connectivity index (χ0n) is 12.6. The number of hydrazine groups is 1. The van der Waals surface area contributed by atoms with Gasteiger partial charge in [0.05, 0.1) is 5.75 Å². The fraction of sp³-hybridized carbons (Fsp3) is 1.00. The second-order valence-electron chi connectivity index (χ2n) is 6.34. The van der Waals surface area contributed by atoms with E-state index in [4.69, 9.17) is 5.84 Å². The van der Waals surface area contributed by atoms with Crippen molar-refractivity contribution in [2.45, 2.75) is 50.6 Å². The van der Waals surface area contributed by atoms with Crippen LogP contribution in [-0.2, 0) is 9.84 Å². The van der Waals surface area contributed by atoms with Crippen LogP contribution in [0.3, 0.4) is 0 Å². The predicted molar refractivity (Wildman–Crippen MR) is 79.5 cm³/mol. The van der Waals surface area contributed by atoms with Gasteiger partial charge in [0.2, 0.25) is 0 Å². The largest absolute Gasteiger partial charge is 0.302 e. The Morgan fingerprint density at radius 2 is 2.11 bits per heavy atom. The van der Waals surface area contributed by atoms with E-state index in [1.807, 2.05) is 0 Å². The number of sulfone groups is 1. The van der Waals surface area contributed by atoms with Crippen molar-refractivity contribution >= 4 is 9.84 Å². The molecule has 0 saturated heterocycles. The van der Waals surface area contributed by atoms with Gasteiger partial charge in [0, 0.05) is 17.8 Å². The summed E-state index contributed by atoms with van der Waals surface area (Å²) in [6, 6.07) is 0.0139. The van der Waals surface area contributed by atoms with Crippen molar-refractivity contribution in [1.29, 1.82) is 0 Å². The summed E-state index contributed by atoms with van der Waals surface area (Å²) in [6.45, 7) is 2.27. The van der Waals surface area contributed by atoms with Gasteiger partial charge in [0.15, 0.2) is 0 Å². The monoisotopic (exact) mass is 291 g/mol. The van der Waals surface area contributed by atoms with Gasteiger partial charge in [-0.15, -0.1) is 0 Å². The molecule has 6 heteroatoms. The Morgan fingerprint density at radius 3 is 2.53 bits per heavy atom. The van der Waals surface area contributed by atoms with Gasteiger partial charge in [-0.3, -0.25) is 11.3 Å². The normalized spacial score (nSPS) is 30.5. The Labute approximate surface area is 117 Å². The first-order chi connectivity index (χ1) is 8.71. The maximum atomic E-state index is 11.4. The van der Waals surface area contributed by atoms with Gasteiger partial charge >= 0.3 is 0 Å². The van der Waals surface area contributed by atoms with E-state index in [9.17, 15) is 8.42 Å². The highest BCUT2D eigenvalue weighted by molar-refractivity contribution is 7.90. The lowest BCUT2D eigenvalue weighted by Gasteiger charge is -2.50. The summed E-state index contributed by atoms with van der Waals surface area (Å²) < 4.78 is 22.8. The zero-order valence-corrected chi connectivity index (χ0v) is 13.5. The highest BCUT2D eigenvalue weighted by atomic mass is 32.2. The van der Waals surface area contributed by atoms with E-state index in [0.717, 1.165) is 12.8 Å². The molecule has 0 aromatic heterocycles. The quantitative estimate of drug-likeness (QED) is 0.558. The Balaban J connectivity index is 2.88. The summed E-state index contributed by atoms with van der Waals surface area (Å²) in [6.07, 6.45) is 6.42. The van der Waals surface area contributed by atoms with E-state index < -0.39 is 9.84 Å². The molecule has 0 aliphatic heterocycles. The molecule has 1 saturated carbocycles. The number of nitrogens with one attached hydrogen (secondary N) is 1. The summed E-state index contributed by atoms with van der Waals surface area (Å²) >= 11 is 0. The van der Waals surface area contributed by atoms with E-state index in [1.165, 1.54) is 19.1 Å². The van der Waals surface area contributed by atoms with Gasteiger partial charge in [-0.2, -0.15) is 0 Å². The van der Waals surface area contributed by atoms with Crippen LogP contribution in [0.25, 0.3) is 0 Å². The number of nitrogens with zero attached hydrogens (tertiary/aromatic N) is 1. The lowest BCUT2D eigenvalue weighted by molar-refractivity contribution is 0.0362. The van der Waals surface area contributed by atoms with Crippen LogP contribution >= 0.6 is 0 Å². The summed E-state index contributed by atoms with van der Waals surface area (Å²) in [5.41, 5.74) is 2.85. The molecule has 19 heavy (non-hydrogen) atoms.